The van der Waals surface area contributed by atoms with Crippen LogP contribution in [0.4, 0.5) is 5.13 Å². The van der Waals surface area contributed by atoms with Crippen LogP contribution >= 0.6 is 11.3 Å². The number of nitrogens with one attached hydrogen (secondary N) is 1. The molecule has 3 aromatic rings. The SMILES string of the molecule is COc1ccc2nc(N3CCN(CCNC(=O)c4ccc(S(=O)(=O)N5CCOCC5)cc4)CC3)sc2c1. The number of carbonyl (C=O) groups is 1. The quantitative estimate of drug-likeness (QED) is 0.458. The summed E-state index contributed by atoms with van der Waals surface area (Å²) in [4.78, 5) is 22.2. The van der Waals surface area contributed by atoms with Crippen LogP contribution in [0.3, 0.4) is 0 Å². The number of methoxy groups -OCH3 is 1. The third-order valence-electron chi connectivity index (χ3n) is 6.67. The summed E-state index contributed by atoms with van der Waals surface area (Å²) in [6, 6.07) is 12.1. The Labute approximate surface area is 220 Å². The van der Waals surface area contributed by atoms with Crippen LogP contribution in [-0.2, 0) is 14.8 Å². The highest BCUT2D eigenvalue weighted by atomic mass is 32.2. The average Bonchev–Trinajstić information content (AvgIpc) is 3.37. The number of amides is 1. The number of sulfonamides is 1. The van der Waals surface area contributed by atoms with Crippen molar-refractivity contribution >= 4 is 42.6 Å². The van der Waals surface area contributed by atoms with Crippen molar-refractivity contribution < 1.29 is 22.7 Å². The molecule has 37 heavy (non-hydrogen) atoms. The molecule has 0 spiro atoms. The second-order valence-electron chi connectivity index (χ2n) is 8.96. The van der Waals surface area contributed by atoms with Gasteiger partial charge in [0.15, 0.2) is 5.13 Å². The molecule has 0 atom stereocenters. The minimum atomic E-state index is -3.57. The van der Waals surface area contributed by atoms with Crippen LogP contribution in [0.2, 0.25) is 0 Å². The Bertz CT molecular complexity index is 1330. The lowest BCUT2D eigenvalue weighted by Gasteiger charge is -2.34. The van der Waals surface area contributed by atoms with Gasteiger partial charge in [-0.1, -0.05) is 11.3 Å². The number of aromatic nitrogens is 1. The normalized spacial score (nSPS) is 17.7. The van der Waals surface area contributed by atoms with E-state index in [-0.39, 0.29) is 10.8 Å². The van der Waals surface area contributed by atoms with E-state index in [1.807, 2.05) is 18.2 Å². The minimum absolute atomic E-state index is 0.191. The molecule has 0 unspecified atom stereocenters. The van der Waals surface area contributed by atoms with Gasteiger partial charge in [0.2, 0.25) is 10.0 Å². The van der Waals surface area contributed by atoms with E-state index in [4.69, 9.17) is 14.5 Å². The number of fused-ring (bicyclic) bond motifs is 1. The number of carbonyl (C=O) groups excluding carboxylic acids is 1. The summed E-state index contributed by atoms with van der Waals surface area (Å²) >= 11 is 1.68. The van der Waals surface area contributed by atoms with Crippen LogP contribution in [-0.4, -0.2) is 101 Å². The Morgan fingerprint density at radius 3 is 2.49 bits per heavy atom. The molecule has 0 aliphatic carbocycles. The molecule has 2 aliphatic rings. The highest BCUT2D eigenvalue weighted by Gasteiger charge is 2.26. The number of morpholine rings is 1. The maximum atomic E-state index is 12.8. The molecule has 2 aromatic carbocycles. The largest absolute Gasteiger partial charge is 0.497 e. The van der Waals surface area contributed by atoms with Gasteiger partial charge >= 0.3 is 0 Å². The fourth-order valence-corrected chi connectivity index (χ4v) is 6.92. The number of nitrogens with zero attached hydrogens (tertiary/aromatic N) is 4. The number of benzene rings is 2. The van der Waals surface area contributed by atoms with E-state index in [2.05, 4.69) is 15.1 Å². The van der Waals surface area contributed by atoms with Crippen molar-refractivity contribution in [2.24, 2.45) is 0 Å². The number of anilines is 1. The van der Waals surface area contributed by atoms with Gasteiger partial charge in [-0.05, 0) is 42.5 Å². The van der Waals surface area contributed by atoms with Crippen molar-refractivity contribution in [2.75, 3.05) is 77.6 Å². The third-order valence-corrected chi connectivity index (χ3v) is 9.66. The standard InChI is InChI=1S/C25H31N5O5S2/c1-34-20-4-7-22-23(18-20)36-25(27-22)29-12-10-28(11-13-29)9-8-26-24(31)19-2-5-21(6-3-19)37(32,33)30-14-16-35-17-15-30/h2-7,18H,8-17H2,1H3,(H,26,31). The van der Waals surface area contributed by atoms with Gasteiger partial charge in [-0.15, -0.1) is 0 Å². The van der Waals surface area contributed by atoms with E-state index < -0.39 is 10.0 Å². The van der Waals surface area contributed by atoms with Crippen molar-refractivity contribution in [1.82, 2.24) is 19.5 Å². The third kappa shape index (κ3) is 5.88. The summed E-state index contributed by atoms with van der Waals surface area (Å²) in [6.07, 6.45) is 0. The highest BCUT2D eigenvalue weighted by molar-refractivity contribution is 7.89. The Morgan fingerprint density at radius 2 is 1.78 bits per heavy atom. The van der Waals surface area contributed by atoms with Gasteiger partial charge in [0.1, 0.15) is 5.75 Å². The van der Waals surface area contributed by atoms with Gasteiger partial charge in [-0.3, -0.25) is 9.69 Å². The van der Waals surface area contributed by atoms with Crippen molar-refractivity contribution in [3.8, 4) is 5.75 Å². The monoisotopic (exact) mass is 545 g/mol. The smallest absolute Gasteiger partial charge is 0.251 e. The molecule has 1 aromatic heterocycles. The van der Waals surface area contributed by atoms with Gasteiger partial charge < -0.3 is 19.7 Å². The highest BCUT2D eigenvalue weighted by Crippen LogP contribution is 2.31. The zero-order valence-corrected chi connectivity index (χ0v) is 22.4. The van der Waals surface area contributed by atoms with Crippen LogP contribution < -0.4 is 15.0 Å². The number of hydrogen-bond donors (Lipinski definition) is 1. The lowest BCUT2D eigenvalue weighted by atomic mass is 10.2. The number of thiazole rings is 1. The predicted molar refractivity (Wildman–Crippen MR) is 143 cm³/mol. The van der Waals surface area contributed by atoms with E-state index in [9.17, 15) is 13.2 Å². The molecule has 1 N–H and O–H groups in total. The van der Waals surface area contributed by atoms with E-state index in [0.717, 1.165) is 53.8 Å². The van der Waals surface area contributed by atoms with Crippen LogP contribution in [0.5, 0.6) is 5.75 Å². The number of ether oxygens (including phenoxy) is 2. The topological polar surface area (TPSA) is 104 Å². The van der Waals surface area contributed by atoms with Gasteiger partial charge in [-0.25, -0.2) is 13.4 Å². The molecule has 12 heteroatoms. The maximum Gasteiger partial charge on any atom is 0.251 e. The van der Waals surface area contributed by atoms with E-state index in [1.54, 1.807) is 30.6 Å². The number of piperazine rings is 1. The van der Waals surface area contributed by atoms with E-state index in [1.165, 1.54) is 16.4 Å². The molecular formula is C25H31N5O5S2. The molecule has 5 rings (SSSR count). The number of rotatable bonds is 8. The zero-order valence-electron chi connectivity index (χ0n) is 20.8. The predicted octanol–water partition coefficient (Wildman–Crippen LogP) is 1.88. The summed E-state index contributed by atoms with van der Waals surface area (Å²) in [5.41, 5.74) is 1.43. The van der Waals surface area contributed by atoms with Crippen molar-refractivity contribution in [2.45, 2.75) is 4.90 Å². The summed E-state index contributed by atoms with van der Waals surface area (Å²) in [5, 5.41) is 3.97. The lowest BCUT2D eigenvalue weighted by Crippen LogP contribution is -2.48. The molecule has 2 saturated heterocycles. The van der Waals surface area contributed by atoms with Crippen molar-refractivity contribution in [3.63, 3.8) is 0 Å². The maximum absolute atomic E-state index is 12.8. The fraction of sp³-hybridized carbons (Fsp3) is 0.440. The molecule has 0 bridgehead atoms. The Hall–Kier alpha value is -2.77. The first-order valence-corrected chi connectivity index (χ1v) is 14.6. The first kappa shape index (κ1) is 25.9. The van der Waals surface area contributed by atoms with Gasteiger partial charge in [0.25, 0.3) is 5.91 Å². The first-order valence-electron chi connectivity index (χ1n) is 12.3. The lowest BCUT2D eigenvalue weighted by molar-refractivity contribution is 0.0730. The Morgan fingerprint density at radius 1 is 1.05 bits per heavy atom. The summed E-state index contributed by atoms with van der Waals surface area (Å²) < 4.78 is 38.6. The van der Waals surface area contributed by atoms with Gasteiger partial charge in [0.05, 0.1) is 35.4 Å². The second-order valence-corrected chi connectivity index (χ2v) is 11.9. The Balaban J connectivity index is 1.08. The van der Waals surface area contributed by atoms with Crippen LogP contribution in [0.1, 0.15) is 10.4 Å². The van der Waals surface area contributed by atoms with Crippen LogP contribution in [0, 0.1) is 0 Å². The zero-order chi connectivity index (χ0) is 25.8. The van der Waals surface area contributed by atoms with Gasteiger partial charge in [0, 0.05) is 57.9 Å². The molecule has 2 aliphatic heterocycles. The van der Waals surface area contributed by atoms with Crippen LogP contribution in [0.25, 0.3) is 10.2 Å². The summed E-state index contributed by atoms with van der Waals surface area (Å²) in [6.45, 7) is 6.29. The molecule has 0 saturated carbocycles. The second kappa shape index (κ2) is 11.3. The summed E-state index contributed by atoms with van der Waals surface area (Å²) in [7, 11) is -1.90. The van der Waals surface area contributed by atoms with E-state index in [0.29, 0.717) is 38.4 Å². The molecule has 3 heterocycles. The molecule has 2 fully saturated rings. The molecule has 1 amide bonds. The molecule has 0 radical (unpaired) electrons. The van der Waals surface area contributed by atoms with E-state index >= 15 is 0 Å². The average molecular weight is 546 g/mol. The molecule has 10 nitrogen and oxygen atoms in total. The number of hydrogen-bond acceptors (Lipinski definition) is 9. The first-order chi connectivity index (χ1) is 17.9. The molecular weight excluding hydrogens is 514 g/mol. The fourth-order valence-electron chi connectivity index (χ4n) is 4.46. The minimum Gasteiger partial charge on any atom is -0.497 e. The van der Waals surface area contributed by atoms with Gasteiger partial charge in [-0.2, -0.15) is 4.31 Å². The van der Waals surface area contributed by atoms with Crippen molar-refractivity contribution in [1.29, 1.82) is 0 Å². The van der Waals surface area contributed by atoms with Crippen LogP contribution in [0.15, 0.2) is 47.4 Å². The van der Waals surface area contributed by atoms with Crippen molar-refractivity contribution in [3.05, 3.63) is 48.0 Å². The molecule has 198 valence electrons. The Kier molecular flexibility index (Phi) is 7.91. The summed E-state index contributed by atoms with van der Waals surface area (Å²) in [5.74, 6) is 0.627.